The lowest BCUT2D eigenvalue weighted by molar-refractivity contribution is -0.146. The first-order valence-electron chi connectivity index (χ1n) is 13.2. The fraction of sp³-hybridized carbons (Fsp3) is 0.464. The molecule has 2 aromatic heterocycles. The van der Waals surface area contributed by atoms with Gasteiger partial charge >= 0.3 is 11.8 Å². The monoisotopic (exact) mass is 534 g/mol. The van der Waals surface area contributed by atoms with Crippen molar-refractivity contribution in [2.45, 2.75) is 57.9 Å². The zero-order chi connectivity index (χ0) is 27.0. The number of nitrogens with two attached hydrogens (primary N) is 1. The number of carbonyl (C=O) groups is 3. The van der Waals surface area contributed by atoms with E-state index in [2.05, 4.69) is 23.3 Å². The first kappa shape index (κ1) is 26.1. The predicted molar refractivity (Wildman–Crippen MR) is 149 cm³/mol. The molecule has 38 heavy (non-hydrogen) atoms. The van der Waals surface area contributed by atoms with Gasteiger partial charge in [-0.05, 0) is 60.9 Å². The second-order valence-electron chi connectivity index (χ2n) is 10.5. The Hall–Kier alpha value is -3.53. The molecule has 200 valence electrons. The van der Waals surface area contributed by atoms with E-state index < -0.39 is 11.8 Å². The number of piperidine rings is 2. The van der Waals surface area contributed by atoms with Crippen molar-refractivity contribution in [3.63, 3.8) is 0 Å². The lowest BCUT2D eigenvalue weighted by Crippen LogP contribution is -2.46. The quantitative estimate of drug-likeness (QED) is 0.486. The highest BCUT2D eigenvalue weighted by Gasteiger charge is 2.35. The number of likely N-dealkylation sites (tertiary alicyclic amines) is 2. The van der Waals surface area contributed by atoms with E-state index in [1.54, 1.807) is 27.2 Å². The van der Waals surface area contributed by atoms with Crippen LogP contribution >= 0.6 is 11.3 Å². The highest BCUT2D eigenvalue weighted by Crippen LogP contribution is 2.38. The highest BCUT2D eigenvalue weighted by molar-refractivity contribution is 7.18. The number of fused-ring (bicyclic) bond motifs is 1. The standard InChI is InChI=1S/C28H34N6O3S/c1-4-17-11-20(14-30-25(17)29)31-26(36)28(37)34-15-16(2)5-7-22(34)18-6-8-23-21(12-18)32-27(38-23)19-9-10-33(3)24(35)13-19/h6,8,11-12,14,16,19,22H,4-5,7,9-10,13,15H2,1-3H3,(H2,29,30)(H,31,36)/t16-,19?,22+/m0/s1. The van der Waals surface area contributed by atoms with E-state index in [-0.39, 0.29) is 17.9 Å². The Morgan fingerprint density at radius 3 is 2.79 bits per heavy atom. The van der Waals surface area contributed by atoms with Gasteiger partial charge in [-0.1, -0.05) is 19.9 Å². The smallest absolute Gasteiger partial charge is 0.313 e. The minimum atomic E-state index is -0.679. The number of hydrogen-bond acceptors (Lipinski definition) is 7. The Bertz CT molecular complexity index is 1390. The Labute approximate surface area is 226 Å². The maximum absolute atomic E-state index is 13.4. The van der Waals surface area contributed by atoms with Gasteiger partial charge in [-0.3, -0.25) is 14.4 Å². The number of benzene rings is 1. The van der Waals surface area contributed by atoms with Crippen LogP contribution in [-0.2, 0) is 20.8 Å². The van der Waals surface area contributed by atoms with Gasteiger partial charge in [0.1, 0.15) is 5.82 Å². The average molecular weight is 535 g/mol. The molecule has 10 heteroatoms. The number of thiazole rings is 1. The number of amides is 3. The van der Waals surface area contributed by atoms with Crippen LogP contribution in [0.3, 0.4) is 0 Å². The second-order valence-corrected chi connectivity index (χ2v) is 11.6. The highest BCUT2D eigenvalue weighted by atomic mass is 32.1. The van der Waals surface area contributed by atoms with Gasteiger partial charge in [0.2, 0.25) is 5.91 Å². The number of carbonyl (C=O) groups excluding carboxylic acids is 3. The Morgan fingerprint density at radius 2 is 2.03 bits per heavy atom. The summed E-state index contributed by atoms with van der Waals surface area (Å²) in [4.78, 5) is 51.1. The fourth-order valence-corrected chi connectivity index (χ4v) is 6.49. The summed E-state index contributed by atoms with van der Waals surface area (Å²) in [7, 11) is 1.84. The molecule has 0 spiro atoms. The van der Waals surface area contributed by atoms with Crippen molar-refractivity contribution in [2.24, 2.45) is 5.92 Å². The van der Waals surface area contributed by atoms with Crippen LogP contribution in [0.2, 0.25) is 0 Å². The minimum Gasteiger partial charge on any atom is -0.383 e. The third kappa shape index (κ3) is 5.22. The summed E-state index contributed by atoms with van der Waals surface area (Å²) in [6, 6.07) is 7.69. The normalized spacial score (nSPS) is 22.1. The molecule has 2 fully saturated rings. The predicted octanol–water partition coefficient (Wildman–Crippen LogP) is 4.11. The van der Waals surface area contributed by atoms with E-state index in [0.717, 1.165) is 52.2 Å². The minimum absolute atomic E-state index is 0.146. The topological polar surface area (TPSA) is 122 Å². The molecule has 9 nitrogen and oxygen atoms in total. The first-order chi connectivity index (χ1) is 18.2. The van der Waals surface area contributed by atoms with E-state index in [0.29, 0.717) is 36.8 Å². The maximum Gasteiger partial charge on any atom is 0.313 e. The van der Waals surface area contributed by atoms with E-state index in [1.807, 2.05) is 26.1 Å². The molecule has 2 saturated heterocycles. The Morgan fingerprint density at radius 1 is 1.21 bits per heavy atom. The van der Waals surface area contributed by atoms with Crippen LogP contribution in [0.25, 0.3) is 10.2 Å². The molecule has 1 unspecified atom stereocenters. The van der Waals surface area contributed by atoms with Crippen molar-refractivity contribution in [1.82, 2.24) is 19.8 Å². The molecule has 5 rings (SSSR count). The molecule has 0 radical (unpaired) electrons. The zero-order valence-corrected chi connectivity index (χ0v) is 22.9. The van der Waals surface area contributed by atoms with E-state index in [4.69, 9.17) is 10.7 Å². The molecule has 0 aliphatic carbocycles. The van der Waals surface area contributed by atoms with Gasteiger partial charge in [-0.15, -0.1) is 11.3 Å². The fourth-order valence-electron chi connectivity index (χ4n) is 5.41. The lowest BCUT2D eigenvalue weighted by Gasteiger charge is -2.38. The van der Waals surface area contributed by atoms with Gasteiger partial charge in [0.05, 0.1) is 33.2 Å². The number of nitrogens with one attached hydrogen (secondary N) is 1. The van der Waals surface area contributed by atoms with Crippen molar-refractivity contribution in [3.05, 3.63) is 46.6 Å². The summed E-state index contributed by atoms with van der Waals surface area (Å²) in [5.74, 6) is -0.213. The molecule has 2 aliphatic rings. The number of nitrogens with zero attached hydrogens (tertiary/aromatic N) is 4. The van der Waals surface area contributed by atoms with Crippen LogP contribution in [0.1, 0.15) is 67.6 Å². The third-order valence-corrected chi connectivity index (χ3v) is 8.93. The summed E-state index contributed by atoms with van der Waals surface area (Å²) >= 11 is 1.64. The zero-order valence-electron chi connectivity index (χ0n) is 22.1. The number of hydrogen-bond donors (Lipinski definition) is 2. The molecule has 2 aliphatic heterocycles. The summed E-state index contributed by atoms with van der Waals surface area (Å²) in [6.45, 7) is 5.31. The van der Waals surface area contributed by atoms with Crippen molar-refractivity contribution in [3.8, 4) is 0 Å². The average Bonchev–Trinajstić information content (AvgIpc) is 3.34. The molecule has 0 saturated carbocycles. The van der Waals surface area contributed by atoms with Gasteiger partial charge in [0, 0.05) is 32.5 Å². The summed E-state index contributed by atoms with van der Waals surface area (Å²) < 4.78 is 1.07. The molecule has 3 atom stereocenters. The number of aryl methyl sites for hydroxylation is 1. The van der Waals surface area contributed by atoms with Crippen molar-refractivity contribution in [2.75, 3.05) is 31.2 Å². The van der Waals surface area contributed by atoms with Crippen molar-refractivity contribution >= 4 is 50.8 Å². The number of aromatic nitrogens is 2. The molecule has 4 heterocycles. The molecule has 3 amide bonds. The molecular weight excluding hydrogens is 500 g/mol. The van der Waals surface area contributed by atoms with Gasteiger partial charge in [-0.2, -0.15) is 0 Å². The molecule has 1 aromatic carbocycles. The van der Waals surface area contributed by atoms with Crippen LogP contribution < -0.4 is 11.1 Å². The first-order valence-corrected chi connectivity index (χ1v) is 14.1. The van der Waals surface area contributed by atoms with Gasteiger partial charge in [0.15, 0.2) is 0 Å². The van der Waals surface area contributed by atoms with Gasteiger partial charge < -0.3 is 20.9 Å². The summed E-state index contributed by atoms with van der Waals surface area (Å²) in [6.07, 6.45) is 5.30. The molecular formula is C28H34N6O3S. The number of pyridine rings is 1. The largest absolute Gasteiger partial charge is 0.383 e. The van der Waals surface area contributed by atoms with Crippen LogP contribution in [0.15, 0.2) is 30.5 Å². The van der Waals surface area contributed by atoms with Crippen LogP contribution in [0.4, 0.5) is 11.5 Å². The van der Waals surface area contributed by atoms with E-state index in [9.17, 15) is 14.4 Å². The number of rotatable bonds is 4. The maximum atomic E-state index is 13.4. The lowest BCUT2D eigenvalue weighted by atomic mass is 9.89. The SMILES string of the molecule is CCc1cc(NC(=O)C(=O)N2C[C@@H](C)CC[C@@H]2c2ccc3sc(C4CCN(C)C(=O)C4)nc3c2)cnc1N. The Balaban J connectivity index is 1.36. The number of nitrogen functional groups attached to an aromatic ring is 1. The van der Waals surface area contributed by atoms with Crippen LogP contribution in [-0.4, -0.2) is 57.6 Å². The van der Waals surface area contributed by atoms with E-state index in [1.165, 1.54) is 6.20 Å². The number of anilines is 2. The molecule has 0 bridgehead atoms. The van der Waals surface area contributed by atoms with Crippen LogP contribution in [0, 0.1) is 5.92 Å². The van der Waals surface area contributed by atoms with Gasteiger partial charge in [-0.25, -0.2) is 9.97 Å². The van der Waals surface area contributed by atoms with Crippen molar-refractivity contribution in [1.29, 1.82) is 0 Å². The summed E-state index contributed by atoms with van der Waals surface area (Å²) in [5, 5.41) is 3.71. The second kappa shape index (κ2) is 10.7. The molecule has 3 N–H and O–H groups in total. The molecule has 3 aromatic rings. The van der Waals surface area contributed by atoms with Gasteiger partial charge in [0.25, 0.3) is 0 Å². The van der Waals surface area contributed by atoms with Crippen LogP contribution in [0.5, 0.6) is 0 Å². The third-order valence-electron chi connectivity index (χ3n) is 7.73. The Kier molecular flexibility index (Phi) is 7.34. The van der Waals surface area contributed by atoms with E-state index >= 15 is 0 Å². The van der Waals surface area contributed by atoms with Crippen molar-refractivity contribution < 1.29 is 14.4 Å². The summed E-state index contributed by atoms with van der Waals surface area (Å²) in [5.41, 5.74) is 9.01.